The number of carbonyl (C=O) groups excluding carboxylic acids is 1. The van der Waals surface area contributed by atoms with Gasteiger partial charge in [0.15, 0.2) is 0 Å². The van der Waals surface area contributed by atoms with E-state index in [1.807, 2.05) is 0 Å². The highest BCUT2D eigenvalue weighted by atomic mass is 79.9. The van der Waals surface area contributed by atoms with Gasteiger partial charge in [-0.1, -0.05) is 12.1 Å². The summed E-state index contributed by atoms with van der Waals surface area (Å²) in [5, 5.41) is 2.84. The lowest BCUT2D eigenvalue weighted by Gasteiger charge is -2.15. The maximum atomic E-state index is 13.8. The molecule has 0 aromatic heterocycles. The monoisotopic (exact) mass is 338 g/mol. The lowest BCUT2D eigenvalue weighted by Crippen LogP contribution is -2.08. The first-order valence-electron chi connectivity index (χ1n) is 5.72. The van der Waals surface area contributed by atoms with Crippen molar-refractivity contribution < 1.29 is 13.9 Å². The smallest absolute Gasteiger partial charge is 0.340 e. The Morgan fingerprint density at radius 1 is 1.25 bits per heavy atom. The lowest BCUT2D eigenvalue weighted by molar-refractivity contribution is 0.0602. The van der Waals surface area contributed by atoms with Gasteiger partial charge in [-0.2, -0.15) is 0 Å². The van der Waals surface area contributed by atoms with Crippen LogP contribution in [0.25, 0.3) is 0 Å². The van der Waals surface area contributed by atoms with E-state index in [0.29, 0.717) is 15.8 Å². The molecular formula is C14H12BrFN2O2. The number of anilines is 3. The van der Waals surface area contributed by atoms with E-state index in [1.165, 1.54) is 13.2 Å². The molecule has 3 N–H and O–H groups in total. The third kappa shape index (κ3) is 2.75. The van der Waals surface area contributed by atoms with Gasteiger partial charge in [-0.3, -0.25) is 0 Å². The second-order valence-corrected chi connectivity index (χ2v) is 4.84. The van der Waals surface area contributed by atoms with Crippen molar-refractivity contribution in [3.63, 3.8) is 0 Å². The molecule has 0 unspecified atom stereocenters. The highest BCUT2D eigenvalue weighted by molar-refractivity contribution is 9.10. The molecule has 2 aromatic rings. The first kappa shape index (κ1) is 14.3. The Labute approximate surface area is 123 Å². The summed E-state index contributed by atoms with van der Waals surface area (Å²) in [6.45, 7) is 0. The Morgan fingerprint density at radius 3 is 2.60 bits per heavy atom. The Morgan fingerprint density at radius 2 is 1.95 bits per heavy atom. The van der Waals surface area contributed by atoms with Crippen molar-refractivity contribution in [2.24, 2.45) is 0 Å². The normalized spacial score (nSPS) is 10.2. The number of nitrogens with two attached hydrogens (primary N) is 1. The molecule has 20 heavy (non-hydrogen) atoms. The molecule has 4 nitrogen and oxygen atoms in total. The number of ether oxygens (including phenoxy) is 1. The zero-order valence-corrected chi connectivity index (χ0v) is 12.2. The standard InChI is InChI=1S/C14H12BrFN2O2/c1-20-14(19)8-4-2-7-11(17)12(8)18-13-9(15)5-3-6-10(13)16/h2-7,18H,17H2,1H3. The molecule has 0 radical (unpaired) electrons. The molecule has 2 aromatic carbocycles. The molecular weight excluding hydrogens is 327 g/mol. The number of halogens is 2. The molecule has 0 saturated carbocycles. The van der Waals surface area contributed by atoms with Crippen molar-refractivity contribution in [3.8, 4) is 0 Å². The summed E-state index contributed by atoms with van der Waals surface area (Å²) in [5.74, 6) is -1.01. The van der Waals surface area contributed by atoms with Crippen LogP contribution in [0.4, 0.5) is 21.5 Å². The number of carbonyl (C=O) groups is 1. The minimum absolute atomic E-state index is 0.204. The van der Waals surface area contributed by atoms with Crippen LogP contribution < -0.4 is 11.1 Å². The SMILES string of the molecule is COC(=O)c1cccc(N)c1Nc1c(F)cccc1Br. The number of methoxy groups -OCH3 is 1. The van der Waals surface area contributed by atoms with E-state index in [1.54, 1.807) is 30.3 Å². The lowest BCUT2D eigenvalue weighted by atomic mass is 10.1. The Balaban J connectivity index is 2.51. The van der Waals surface area contributed by atoms with E-state index in [9.17, 15) is 9.18 Å². The average molecular weight is 339 g/mol. The summed E-state index contributed by atoms with van der Waals surface area (Å²) >= 11 is 3.25. The predicted molar refractivity (Wildman–Crippen MR) is 79.6 cm³/mol. The quantitative estimate of drug-likeness (QED) is 0.661. The number of nitrogen functional groups attached to an aromatic ring is 1. The van der Waals surface area contributed by atoms with Gasteiger partial charge in [0, 0.05) is 4.47 Å². The van der Waals surface area contributed by atoms with Crippen molar-refractivity contribution in [2.75, 3.05) is 18.2 Å². The van der Waals surface area contributed by atoms with Crippen LogP contribution >= 0.6 is 15.9 Å². The number of hydrogen-bond donors (Lipinski definition) is 2. The van der Waals surface area contributed by atoms with E-state index < -0.39 is 11.8 Å². The fourth-order valence-electron chi connectivity index (χ4n) is 1.73. The van der Waals surface area contributed by atoms with Crippen LogP contribution in [-0.2, 0) is 4.74 Å². The number of nitrogens with one attached hydrogen (secondary N) is 1. The molecule has 0 aliphatic carbocycles. The van der Waals surface area contributed by atoms with Gasteiger partial charge in [-0.15, -0.1) is 0 Å². The molecule has 0 saturated heterocycles. The first-order chi connectivity index (χ1) is 9.54. The highest BCUT2D eigenvalue weighted by Gasteiger charge is 2.16. The minimum atomic E-state index is -0.549. The fraction of sp³-hybridized carbons (Fsp3) is 0.0714. The number of benzene rings is 2. The van der Waals surface area contributed by atoms with Crippen LogP contribution in [0, 0.1) is 5.82 Å². The molecule has 2 rings (SSSR count). The molecule has 0 aliphatic heterocycles. The van der Waals surface area contributed by atoms with E-state index in [4.69, 9.17) is 10.5 Å². The summed E-state index contributed by atoms with van der Waals surface area (Å²) in [5.41, 5.74) is 6.93. The van der Waals surface area contributed by atoms with Gasteiger partial charge in [-0.05, 0) is 40.2 Å². The van der Waals surface area contributed by atoms with E-state index in [-0.39, 0.29) is 11.3 Å². The number of hydrogen-bond acceptors (Lipinski definition) is 4. The maximum Gasteiger partial charge on any atom is 0.340 e. The summed E-state index contributed by atoms with van der Waals surface area (Å²) in [6, 6.07) is 9.36. The van der Waals surface area contributed by atoms with Gasteiger partial charge in [-0.25, -0.2) is 9.18 Å². The average Bonchev–Trinajstić information content (AvgIpc) is 2.43. The molecule has 0 bridgehead atoms. The number of esters is 1. The van der Waals surface area contributed by atoms with E-state index in [0.717, 1.165) is 0 Å². The predicted octanol–water partition coefficient (Wildman–Crippen LogP) is 3.70. The molecule has 0 fully saturated rings. The Kier molecular flexibility index (Phi) is 4.24. The van der Waals surface area contributed by atoms with Crippen LogP contribution in [0.2, 0.25) is 0 Å². The van der Waals surface area contributed by atoms with Crippen molar-refractivity contribution in [1.82, 2.24) is 0 Å². The summed E-state index contributed by atoms with van der Waals surface area (Å²) in [6.07, 6.45) is 0. The largest absolute Gasteiger partial charge is 0.465 e. The molecule has 0 spiro atoms. The van der Waals surface area contributed by atoms with Gasteiger partial charge < -0.3 is 15.8 Å². The van der Waals surface area contributed by atoms with Crippen molar-refractivity contribution in [2.45, 2.75) is 0 Å². The van der Waals surface area contributed by atoms with Crippen LogP contribution in [0.1, 0.15) is 10.4 Å². The van der Waals surface area contributed by atoms with Crippen LogP contribution in [-0.4, -0.2) is 13.1 Å². The van der Waals surface area contributed by atoms with Crippen LogP contribution in [0.5, 0.6) is 0 Å². The van der Waals surface area contributed by atoms with Crippen LogP contribution in [0.15, 0.2) is 40.9 Å². The zero-order chi connectivity index (χ0) is 14.7. The topological polar surface area (TPSA) is 64.3 Å². The van der Waals surface area contributed by atoms with Gasteiger partial charge in [0.25, 0.3) is 0 Å². The van der Waals surface area contributed by atoms with Gasteiger partial charge in [0.1, 0.15) is 5.82 Å². The zero-order valence-electron chi connectivity index (χ0n) is 10.6. The van der Waals surface area contributed by atoms with Gasteiger partial charge >= 0.3 is 5.97 Å². The van der Waals surface area contributed by atoms with E-state index in [2.05, 4.69) is 21.2 Å². The molecule has 6 heteroatoms. The third-order valence-electron chi connectivity index (χ3n) is 2.71. The highest BCUT2D eigenvalue weighted by Crippen LogP contribution is 2.33. The van der Waals surface area contributed by atoms with Gasteiger partial charge in [0.05, 0.1) is 29.7 Å². The van der Waals surface area contributed by atoms with Crippen molar-refractivity contribution in [3.05, 3.63) is 52.3 Å². The minimum Gasteiger partial charge on any atom is -0.465 e. The maximum absolute atomic E-state index is 13.8. The van der Waals surface area contributed by atoms with Crippen molar-refractivity contribution in [1.29, 1.82) is 0 Å². The van der Waals surface area contributed by atoms with E-state index >= 15 is 0 Å². The molecule has 0 atom stereocenters. The third-order valence-corrected chi connectivity index (χ3v) is 3.38. The first-order valence-corrected chi connectivity index (χ1v) is 6.51. The summed E-state index contributed by atoms with van der Waals surface area (Å²) in [7, 11) is 1.27. The van der Waals surface area contributed by atoms with Crippen molar-refractivity contribution >= 4 is 39.0 Å². The molecule has 104 valence electrons. The second-order valence-electron chi connectivity index (χ2n) is 3.98. The molecule has 0 heterocycles. The number of rotatable bonds is 3. The second kappa shape index (κ2) is 5.92. The summed E-state index contributed by atoms with van der Waals surface area (Å²) in [4.78, 5) is 11.7. The fourth-order valence-corrected chi connectivity index (χ4v) is 2.17. The molecule has 0 aliphatic rings. The Bertz CT molecular complexity index is 641. The summed E-state index contributed by atoms with van der Waals surface area (Å²) < 4.78 is 19.0. The van der Waals surface area contributed by atoms with Gasteiger partial charge in [0.2, 0.25) is 0 Å². The molecule has 0 amide bonds. The Hall–Kier alpha value is -2.08. The number of para-hydroxylation sites is 2. The van der Waals surface area contributed by atoms with Crippen LogP contribution in [0.3, 0.4) is 0 Å².